The summed E-state index contributed by atoms with van der Waals surface area (Å²) in [7, 11) is 0. The molecule has 31 heavy (non-hydrogen) atoms. The predicted molar refractivity (Wildman–Crippen MR) is 111 cm³/mol. The Balaban J connectivity index is 1.32. The summed E-state index contributed by atoms with van der Waals surface area (Å²) in [5, 5.41) is 12.4. The normalized spacial score (nSPS) is 14.3. The van der Waals surface area contributed by atoms with Gasteiger partial charge >= 0.3 is 0 Å². The number of fused-ring (bicyclic) bond motifs is 1. The van der Waals surface area contributed by atoms with Crippen LogP contribution < -0.4 is 0 Å². The van der Waals surface area contributed by atoms with E-state index < -0.39 is 0 Å². The first-order valence-corrected chi connectivity index (χ1v) is 10.4. The molecule has 1 saturated heterocycles. The fourth-order valence-corrected chi connectivity index (χ4v) is 3.86. The number of aryl methyl sites for hydroxylation is 1. The lowest BCUT2D eigenvalue weighted by atomic mass is 10.1. The minimum atomic E-state index is -0.367. The van der Waals surface area contributed by atoms with Gasteiger partial charge in [-0.05, 0) is 55.7 Å². The molecule has 8 nitrogen and oxygen atoms in total. The Kier molecular flexibility index (Phi) is 5.15. The summed E-state index contributed by atoms with van der Waals surface area (Å²) in [6, 6.07) is 11.6. The van der Waals surface area contributed by atoms with Crippen LogP contribution in [0, 0.1) is 5.82 Å². The smallest absolute Gasteiger partial charge is 0.258 e. The maximum Gasteiger partial charge on any atom is 0.258 e. The predicted octanol–water partition coefficient (Wildman–Crippen LogP) is 3.69. The van der Waals surface area contributed by atoms with Crippen molar-refractivity contribution in [2.75, 3.05) is 13.1 Å². The number of carbonyl (C=O) groups is 1. The number of aromatic nitrogens is 5. The van der Waals surface area contributed by atoms with Gasteiger partial charge in [-0.2, -0.15) is 4.98 Å². The lowest BCUT2D eigenvalue weighted by molar-refractivity contribution is -0.132. The Hall–Kier alpha value is -3.62. The third-order valence-corrected chi connectivity index (χ3v) is 5.52. The van der Waals surface area contributed by atoms with Crippen LogP contribution in [0.15, 0.2) is 47.0 Å². The maximum absolute atomic E-state index is 13.4. The highest BCUT2D eigenvalue weighted by atomic mass is 19.1. The van der Waals surface area contributed by atoms with Gasteiger partial charge in [0.2, 0.25) is 11.7 Å². The van der Waals surface area contributed by atoms with E-state index in [0.717, 1.165) is 37.0 Å². The fourth-order valence-electron chi connectivity index (χ4n) is 3.86. The van der Waals surface area contributed by atoms with Gasteiger partial charge in [0.15, 0.2) is 0 Å². The van der Waals surface area contributed by atoms with Crippen LogP contribution in [-0.4, -0.2) is 49.0 Å². The molecule has 3 heterocycles. The van der Waals surface area contributed by atoms with E-state index in [0.29, 0.717) is 29.9 Å². The molecule has 9 heteroatoms. The van der Waals surface area contributed by atoms with E-state index in [1.807, 2.05) is 23.1 Å². The van der Waals surface area contributed by atoms with Crippen molar-refractivity contribution in [3.63, 3.8) is 0 Å². The summed E-state index contributed by atoms with van der Waals surface area (Å²) in [4.78, 5) is 18.7. The van der Waals surface area contributed by atoms with Crippen molar-refractivity contribution in [2.45, 2.75) is 32.2 Å². The van der Waals surface area contributed by atoms with Gasteiger partial charge < -0.3 is 9.42 Å². The number of nitrogens with zero attached hydrogens (tertiary/aromatic N) is 6. The molecule has 0 saturated carbocycles. The van der Waals surface area contributed by atoms with Crippen molar-refractivity contribution in [1.29, 1.82) is 0 Å². The highest BCUT2D eigenvalue weighted by Crippen LogP contribution is 2.25. The molecule has 5 rings (SSSR count). The molecule has 0 N–H and O–H groups in total. The highest BCUT2D eigenvalue weighted by Gasteiger charge is 2.17. The molecule has 0 bridgehead atoms. The van der Waals surface area contributed by atoms with E-state index in [1.54, 1.807) is 16.8 Å². The zero-order valence-electron chi connectivity index (χ0n) is 16.9. The number of hydrogen-bond acceptors (Lipinski definition) is 6. The molecule has 1 amide bonds. The zero-order chi connectivity index (χ0) is 21.2. The molecule has 0 spiro atoms. The van der Waals surface area contributed by atoms with Gasteiger partial charge in [0.25, 0.3) is 5.89 Å². The highest BCUT2D eigenvalue weighted by molar-refractivity contribution is 5.80. The van der Waals surface area contributed by atoms with Gasteiger partial charge in [-0.3, -0.25) is 4.79 Å². The van der Waals surface area contributed by atoms with Crippen LogP contribution in [0.2, 0.25) is 0 Å². The van der Waals surface area contributed by atoms with Crippen LogP contribution in [0.25, 0.3) is 33.9 Å². The molecule has 0 unspecified atom stereocenters. The topological polar surface area (TPSA) is 89.9 Å². The monoisotopic (exact) mass is 420 g/mol. The summed E-state index contributed by atoms with van der Waals surface area (Å²) < 4.78 is 20.5. The Bertz CT molecular complexity index is 1230. The van der Waals surface area contributed by atoms with E-state index in [9.17, 15) is 9.18 Å². The SMILES string of the molecule is O=C(CCn1nnc2cc(-c3noc(-c4cccc(F)c4)n3)ccc21)N1CCCCC1. The van der Waals surface area contributed by atoms with Gasteiger partial charge in [0.1, 0.15) is 11.3 Å². The van der Waals surface area contributed by atoms with E-state index in [2.05, 4.69) is 20.5 Å². The summed E-state index contributed by atoms with van der Waals surface area (Å²) in [5.74, 6) is 0.427. The number of halogens is 1. The minimum absolute atomic E-state index is 0.164. The second-order valence-corrected chi connectivity index (χ2v) is 7.64. The maximum atomic E-state index is 13.4. The first-order valence-electron chi connectivity index (χ1n) is 10.4. The van der Waals surface area contributed by atoms with Crippen molar-refractivity contribution < 1.29 is 13.7 Å². The van der Waals surface area contributed by atoms with E-state index in [4.69, 9.17) is 4.52 Å². The fraction of sp³-hybridized carbons (Fsp3) is 0.318. The largest absolute Gasteiger partial charge is 0.343 e. The lowest BCUT2D eigenvalue weighted by Crippen LogP contribution is -2.36. The Morgan fingerprint density at radius 3 is 2.77 bits per heavy atom. The summed E-state index contributed by atoms with van der Waals surface area (Å²) in [6.07, 6.45) is 3.77. The summed E-state index contributed by atoms with van der Waals surface area (Å²) in [6.45, 7) is 2.18. The van der Waals surface area contributed by atoms with Crippen molar-refractivity contribution in [3.05, 3.63) is 48.3 Å². The quantitative estimate of drug-likeness (QED) is 0.489. The first-order chi connectivity index (χ1) is 15.2. The van der Waals surface area contributed by atoms with E-state index in [-0.39, 0.29) is 17.6 Å². The second kappa shape index (κ2) is 8.25. The van der Waals surface area contributed by atoms with Crippen LogP contribution >= 0.6 is 0 Å². The second-order valence-electron chi connectivity index (χ2n) is 7.64. The first kappa shape index (κ1) is 19.3. The van der Waals surface area contributed by atoms with Gasteiger partial charge in [-0.25, -0.2) is 9.07 Å². The molecule has 1 fully saturated rings. The third kappa shape index (κ3) is 4.03. The lowest BCUT2D eigenvalue weighted by Gasteiger charge is -2.26. The molecular formula is C22H21FN6O2. The van der Waals surface area contributed by atoms with Gasteiger partial charge in [0, 0.05) is 30.6 Å². The average molecular weight is 420 g/mol. The summed E-state index contributed by atoms with van der Waals surface area (Å²) in [5.41, 5.74) is 2.75. The zero-order valence-corrected chi connectivity index (χ0v) is 16.9. The van der Waals surface area contributed by atoms with Gasteiger partial charge in [0.05, 0.1) is 12.1 Å². The Morgan fingerprint density at radius 1 is 1.06 bits per heavy atom. The molecule has 158 valence electrons. The average Bonchev–Trinajstić information content (AvgIpc) is 3.45. The van der Waals surface area contributed by atoms with E-state index in [1.165, 1.54) is 18.6 Å². The van der Waals surface area contributed by atoms with Crippen molar-refractivity contribution in [1.82, 2.24) is 30.0 Å². The molecular weight excluding hydrogens is 399 g/mol. The number of piperidine rings is 1. The molecule has 0 radical (unpaired) electrons. The van der Waals surface area contributed by atoms with Crippen LogP contribution in [0.5, 0.6) is 0 Å². The van der Waals surface area contributed by atoms with Crippen LogP contribution in [0.3, 0.4) is 0 Å². The Morgan fingerprint density at radius 2 is 1.94 bits per heavy atom. The van der Waals surface area contributed by atoms with Crippen LogP contribution in [-0.2, 0) is 11.3 Å². The van der Waals surface area contributed by atoms with Gasteiger partial charge in [-0.1, -0.05) is 16.4 Å². The molecule has 0 atom stereocenters. The Labute approximate surface area is 177 Å². The van der Waals surface area contributed by atoms with E-state index >= 15 is 0 Å². The molecule has 4 aromatic rings. The third-order valence-electron chi connectivity index (χ3n) is 5.52. The molecule has 1 aliphatic rings. The van der Waals surface area contributed by atoms with Crippen molar-refractivity contribution in [3.8, 4) is 22.8 Å². The minimum Gasteiger partial charge on any atom is -0.343 e. The number of hydrogen-bond donors (Lipinski definition) is 0. The number of likely N-dealkylation sites (tertiary alicyclic amines) is 1. The van der Waals surface area contributed by atoms with Crippen LogP contribution in [0.4, 0.5) is 4.39 Å². The molecule has 1 aliphatic heterocycles. The number of rotatable bonds is 5. The van der Waals surface area contributed by atoms with Crippen LogP contribution in [0.1, 0.15) is 25.7 Å². The number of benzene rings is 2. The summed E-state index contributed by atoms with van der Waals surface area (Å²) >= 11 is 0. The standard InChI is InChI=1S/C22H21FN6O2/c23-17-6-4-5-16(13-17)22-24-21(26-31-22)15-7-8-19-18(14-15)25-27-29(19)12-9-20(30)28-10-2-1-3-11-28/h4-8,13-14H,1-3,9-12H2. The van der Waals surface area contributed by atoms with Gasteiger partial charge in [-0.15, -0.1) is 5.10 Å². The number of amides is 1. The van der Waals surface area contributed by atoms with Crippen molar-refractivity contribution >= 4 is 16.9 Å². The molecule has 0 aliphatic carbocycles. The molecule has 2 aromatic carbocycles. The van der Waals surface area contributed by atoms with Crippen molar-refractivity contribution in [2.24, 2.45) is 0 Å². The molecule has 2 aromatic heterocycles. The number of carbonyl (C=O) groups excluding carboxylic acids is 1.